The van der Waals surface area contributed by atoms with Gasteiger partial charge in [0, 0.05) is 20.8 Å². The van der Waals surface area contributed by atoms with Crippen LogP contribution in [0.15, 0.2) is 97.1 Å². The van der Waals surface area contributed by atoms with Crippen molar-refractivity contribution >= 4 is 45.2 Å². The second kappa shape index (κ2) is 21.0. The smallest absolute Gasteiger partial charge is 0.300 e. The Morgan fingerprint density at radius 3 is 0.556 bits per heavy atom. The van der Waals surface area contributed by atoms with Crippen molar-refractivity contribution in [1.82, 2.24) is 0 Å². The van der Waals surface area contributed by atoms with Crippen LogP contribution >= 0.6 is 0 Å². The molecule has 3 N–H and O–H groups in total. The molecule has 0 heterocycles. The fourth-order valence-corrected chi connectivity index (χ4v) is 2.27. The van der Waals surface area contributed by atoms with Crippen LogP contribution in [0.1, 0.15) is 34.6 Å². The van der Waals surface area contributed by atoms with Gasteiger partial charge in [-0.25, -0.2) is 0 Å². The zero-order chi connectivity index (χ0) is 27.9. The second-order valence-corrected chi connectivity index (χ2v) is 7.16. The van der Waals surface area contributed by atoms with Crippen LogP contribution in [0.4, 0.5) is 0 Å². The third-order valence-electron chi connectivity index (χ3n) is 3.32. The lowest BCUT2D eigenvalue weighted by atomic mass is 10.1. The van der Waals surface area contributed by atoms with E-state index in [0.29, 0.717) is 0 Å². The first kappa shape index (κ1) is 33.7. The fraction of sp³-hybridized carbons (Fsp3) is 0.172. The number of hydrogen-bond acceptors (Lipinski definition) is 4. The van der Waals surface area contributed by atoms with E-state index in [1.54, 1.807) is 0 Å². The molecule has 0 aromatic heterocycles. The lowest BCUT2D eigenvalue weighted by Crippen LogP contribution is -1.78. The molecule has 36 heavy (non-hydrogen) atoms. The summed E-state index contributed by atoms with van der Waals surface area (Å²) in [5.41, 5.74) is 0. The number of carbonyl (C=O) groups excluding carboxylic acids is 1. The molecule has 7 nitrogen and oxygen atoms in total. The molecule has 0 saturated carbocycles. The highest BCUT2D eigenvalue weighted by Gasteiger charge is 1.86. The normalized spacial score (nSPS) is 8.36. The number of benzene rings is 4. The Balaban J connectivity index is 0. The van der Waals surface area contributed by atoms with Crippen LogP contribution in [0, 0.1) is 0 Å². The molecular formula is C29H34O7. The highest BCUT2D eigenvalue weighted by Crippen LogP contribution is 2.12. The summed E-state index contributed by atoms with van der Waals surface area (Å²) in [5, 5.41) is 27.5. The molecule has 4 rings (SSSR count). The van der Waals surface area contributed by atoms with E-state index < -0.39 is 17.9 Å². The molecule has 0 radical (unpaired) electrons. The minimum absolute atomic E-state index is 0.167. The number of rotatable bonds is 0. The standard InChI is InChI=1S/2C10H8.C3H6O.3C2H4O2/c2*1-2-6-10-8-4-3-7-9(10)5-1;1-3(2)4;3*1-2(3)4/h2*1-8H;1-2H3;3*1H3,(H,3,4). The van der Waals surface area contributed by atoms with Gasteiger partial charge in [-0.3, -0.25) is 14.4 Å². The Hall–Kier alpha value is -4.52. The van der Waals surface area contributed by atoms with Gasteiger partial charge in [0.1, 0.15) is 5.78 Å². The number of carboxylic acid groups (broad SMARTS) is 3. The van der Waals surface area contributed by atoms with E-state index in [4.69, 9.17) is 29.7 Å². The van der Waals surface area contributed by atoms with E-state index >= 15 is 0 Å². The van der Waals surface area contributed by atoms with Crippen molar-refractivity contribution in [2.75, 3.05) is 0 Å². The van der Waals surface area contributed by atoms with E-state index in [0.717, 1.165) is 20.8 Å². The average Bonchev–Trinajstić information content (AvgIpc) is 2.78. The summed E-state index contributed by atoms with van der Waals surface area (Å²) >= 11 is 0. The molecule has 0 fully saturated rings. The van der Waals surface area contributed by atoms with Crippen molar-refractivity contribution in [3.63, 3.8) is 0 Å². The summed E-state index contributed by atoms with van der Waals surface area (Å²) < 4.78 is 0. The lowest BCUT2D eigenvalue weighted by Gasteiger charge is -1.92. The number of hydrogen-bond donors (Lipinski definition) is 3. The van der Waals surface area contributed by atoms with E-state index in [9.17, 15) is 4.79 Å². The molecule has 0 saturated heterocycles. The van der Waals surface area contributed by atoms with Gasteiger partial charge in [-0.1, -0.05) is 97.1 Å². The van der Waals surface area contributed by atoms with Crippen molar-refractivity contribution in [2.24, 2.45) is 0 Å². The molecule has 192 valence electrons. The van der Waals surface area contributed by atoms with Crippen molar-refractivity contribution in [1.29, 1.82) is 0 Å². The van der Waals surface area contributed by atoms with Crippen molar-refractivity contribution in [2.45, 2.75) is 34.6 Å². The zero-order valence-corrected chi connectivity index (χ0v) is 21.2. The van der Waals surface area contributed by atoms with Crippen LogP contribution in [-0.2, 0) is 19.2 Å². The molecule has 0 bridgehead atoms. The first-order valence-electron chi connectivity index (χ1n) is 10.8. The highest BCUT2D eigenvalue weighted by atomic mass is 16.4. The second-order valence-electron chi connectivity index (χ2n) is 7.16. The molecule has 0 amide bonds. The predicted octanol–water partition coefficient (Wildman–Crippen LogP) is 6.55. The van der Waals surface area contributed by atoms with Crippen LogP contribution in [0.3, 0.4) is 0 Å². The SMILES string of the molecule is CC(=O)O.CC(=O)O.CC(=O)O.CC(C)=O.c1ccc2ccccc2c1.c1ccc2ccccc2c1. The van der Waals surface area contributed by atoms with Crippen molar-refractivity contribution < 1.29 is 34.5 Å². The maximum atomic E-state index is 9.44. The maximum Gasteiger partial charge on any atom is 0.300 e. The minimum atomic E-state index is -0.833. The third-order valence-corrected chi connectivity index (χ3v) is 3.32. The molecule has 7 heteroatoms. The third kappa shape index (κ3) is 24.1. The molecular weight excluding hydrogens is 460 g/mol. The summed E-state index contributed by atoms with van der Waals surface area (Å²) in [6, 6.07) is 33.4. The molecule has 0 atom stereocenters. The van der Waals surface area contributed by atoms with Gasteiger partial charge in [-0.2, -0.15) is 0 Å². The predicted molar refractivity (Wildman–Crippen MR) is 144 cm³/mol. The van der Waals surface area contributed by atoms with Gasteiger partial charge in [0.2, 0.25) is 0 Å². The van der Waals surface area contributed by atoms with Crippen LogP contribution in [-0.4, -0.2) is 39.0 Å². The molecule has 0 spiro atoms. The van der Waals surface area contributed by atoms with Crippen LogP contribution < -0.4 is 0 Å². The maximum absolute atomic E-state index is 9.44. The number of ketones is 1. The zero-order valence-electron chi connectivity index (χ0n) is 21.2. The van der Waals surface area contributed by atoms with Gasteiger partial charge in [0.15, 0.2) is 0 Å². The summed E-state index contributed by atoms with van der Waals surface area (Å²) in [6.07, 6.45) is 0. The molecule has 0 aliphatic rings. The van der Waals surface area contributed by atoms with E-state index in [2.05, 4.69) is 97.1 Å². The molecule has 4 aromatic rings. The fourth-order valence-electron chi connectivity index (χ4n) is 2.27. The molecule has 0 unspecified atom stereocenters. The number of carboxylic acids is 3. The largest absolute Gasteiger partial charge is 0.481 e. The Morgan fingerprint density at radius 2 is 0.472 bits per heavy atom. The van der Waals surface area contributed by atoms with Crippen LogP contribution in [0.25, 0.3) is 21.5 Å². The number of carbonyl (C=O) groups is 4. The summed E-state index contributed by atoms with van der Waals surface area (Å²) in [6.45, 7) is 6.31. The van der Waals surface area contributed by atoms with Crippen molar-refractivity contribution in [3.8, 4) is 0 Å². The number of Topliss-reactive ketones (excluding diaryl/α,β-unsaturated/α-hetero) is 1. The molecule has 0 aliphatic heterocycles. The van der Waals surface area contributed by atoms with Gasteiger partial charge in [0.05, 0.1) is 0 Å². The van der Waals surface area contributed by atoms with Gasteiger partial charge in [-0.05, 0) is 35.4 Å². The number of aliphatic carboxylic acids is 3. The van der Waals surface area contributed by atoms with Crippen LogP contribution in [0.5, 0.6) is 0 Å². The van der Waals surface area contributed by atoms with Gasteiger partial charge in [-0.15, -0.1) is 0 Å². The Kier molecular flexibility index (Phi) is 19.7. The first-order valence-corrected chi connectivity index (χ1v) is 10.8. The average molecular weight is 495 g/mol. The first-order chi connectivity index (χ1) is 16.9. The summed E-state index contributed by atoms with van der Waals surface area (Å²) in [7, 11) is 0. The summed E-state index contributed by atoms with van der Waals surface area (Å²) in [4.78, 5) is 36.4. The minimum Gasteiger partial charge on any atom is -0.481 e. The topological polar surface area (TPSA) is 129 Å². The highest BCUT2D eigenvalue weighted by molar-refractivity contribution is 5.82. The lowest BCUT2D eigenvalue weighted by molar-refractivity contribution is -0.135. The van der Waals surface area contributed by atoms with E-state index in [1.165, 1.54) is 35.4 Å². The van der Waals surface area contributed by atoms with Crippen molar-refractivity contribution in [3.05, 3.63) is 97.1 Å². The Morgan fingerprint density at radius 1 is 0.389 bits per heavy atom. The Bertz CT molecular complexity index is 934. The Labute approximate surface area is 211 Å². The molecule has 4 aromatic carbocycles. The van der Waals surface area contributed by atoms with Gasteiger partial charge >= 0.3 is 0 Å². The monoisotopic (exact) mass is 494 g/mol. The summed E-state index contributed by atoms with van der Waals surface area (Å²) in [5.74, 6) is -2.33. The molecule has 0 aliphatic carbocycles. The van der Waals surface area contributed by atoms with E-state index in [1.807, 2.05) is 0 Å². The number of fused-ring (bicyclic) bond motifs is 2. The quantitative estimate of drug-likeness (QED) is 0.253. The van der Waals surface area contributed by atoms with Crippen LogP contribution in [0.2, 0.25) is 0 Å². The van der Waals surface area contributed by atoms with E-state index in [-0.39, 0.29) is 5.78 Å². The van der Waals surface area contributed by atoms with Gasteiger partial charge in [0.25, 0.3) is 17.9 Å². The van der Waals surface area contributed by atoms with Gasteiger partial charge < -0.3 is 20.1 Å².